The number of benzene rings is 1. The fraction of sp³-hybridized carbons (Fsp3) is 0.200. The highest BCUT2D eigenvalue weighted by Gasteiger charge is 2.28. The van der Waals surface area contributed by atoms with Gasteiger partial charge in [-0.15, -0.1) is 0 Å². The number of carboxylic acids is 1. The predicted molar refractivity (Wildman–Crippen MR) is 98.3 cm³/mol. The fourth-order valence-electron chi connectivity index (χ4n) is 3.52. The van der Waals surface area contributed by atoms with E-state index >= 15 is 0 Å². The molecule has 0 aliphatic carbocycles. The molecule has 5 heteroatoms. The second-order valence-corrected chi connectivity index (χ2v) is 7.08. The molecule has 3 heterocycles. The smallest absolute Gasteiger partial charge is 0.106 e. The van der Waals surface area contributed by atoms with E-state index in [9.17, 15) is 9.90 Å². The van der Waals surface area contributed by atoms with Crippen molar-refractivity contribution < 1.29 is 14.8 Å². The maximum Gasteiger partial charge on any atom is 0.106 e. The van der Waals surface area contributed by atoms with E-state index in [0.717, 1.165) is 35.5 Å². The molecule has 1 aromatic carbocycles. The minimum atomic E-state index is -1.12. The third-order valence-electron chi connectivity index (χ3n) is 4.75. The number of pyridine rings is 1. The summed E-state index contributed by atoms with van der Waals surface area (Å²) in [5.74, 6) is -1.12. The molecule has 0 saturated carbocycles. The number of quaternary nitrogens is 1. The number of carboxylic acid groups (broad SMARTS) is 1. The normalized spacial score (nSPS) is 18.4. The van der Waals surface area contributed by atoms with Gasteiger partial charge in [-0.25, -0.2) is 4.98 Å². The highest BCUT2D eigenvalue weighted by molar-refractivity contribution is 7.08. The summed E-state index contributed by atoms with van der Waals surface area (Å²) in [6.07, 6.45) is 2.13. The first-order valence-electron chi connectivity index (χ1n) is 8.37. The number of nitrogens with one attached hydrogen (secondary N) is 1. The number of likely N-dealkylation sites (N-methyl/N-ethyl adjacent to an activating group) is 1. The van der Waals surface area contributed by atoms with Gasteiger partial charge in [0.25, 0.3) is 0 Å². The van der Waals surface area contributed by atoms with Gasteiger partial charge in [-0.3, -0.25) is 0 Å². The van der Waals surface area contributed by atoms with E-state index in [0.29, 0.717) is 23.0 Å². The van der Waals surface area contributed by atoms with Crippen molar-refractivity contribution in [2.45, 2.75) is 13.5 Å². The van der Waals surface area contributed by atoms with Crippen LogP contribution < -0.4 is 10.0 Å². The lowest BCUT2D eigenvalue weighted by atomic mass is 9.92. The fourth-order valence-corrected chi connectivity index (χ4v) is 4.13. The number of aromatic nitrogens is 1. The van der Waals surface area contributed by atoms with Crippen molar-refractivity contribution in [2.24, 2.45) is 0 Å². The van der Waals surface area contributed by atoms with E-state index in [2.05, 4.69) is 24.4 Å². The van der Waals surface area contributed by atoms with Crippen LogP contribution in [0.4, 0.5) is 0 Å². The lowest BCUT2D eigenvalue weighted by Gasteiger charge is -2.29. The summed E-state index contributed by atoms with van der Waals surface area (Å²) >= 11 is 1.65. The molecule has 3 aromatic rings. The van der Waals surface area contributed by atoms with Crippen molar-refractivity contribution in [2.75, 3.05) is 13.1 Å². The Morgan fingerprint density at radius 1 is 1.32 bits per heavy atom. The minimum Gasteiger partial charge on any atom is -0.545 e. The number of hydrogen-bond acceptors (Lipinski definition) is 4. The van der Waals surface area contributed by atoms with Crippen LogP contribution in [0, 0.1) is 0 Å². The second-order valence-electron chi connectivity index (χ2n) is 6.30. The van der Waals surface area contributed by atoms with E-state index in [4.69, 9.17) is 4.98 Å². The quantitative estimate of drug-likeness (QED) is 0.781. The van der Waals surface area contributed by atoms with Crippen LogP contribution in [0.15, 0.2) is 41.1 Å². The first-order valence-corrected chi connectivity index (χ1v) is 9.31. The Morgan fingerprint density at radius 2 is 2.16 bits per heavy atom. The molecule has 25 heavy (non-hydrogen) atoms. The maximum atomic E-state index is 11.9. The lowest BCUT2D eigenvalue weighted by Crippen LogP contribution is -3.11. The Morgan fingerprint density at radius 3 is 2.88 bits per heavy atom. The molecule has 0 radical (unpaired) electrons. The van der Waals surface area contributed by atoms with E-state index in [1.54, 1.807) is 11.3 Å². The summed E-state index contributed by atoms with van der Waals surface area (Å²) in [5.41, 5.74) is 4.82. The van der Waals surface area contributed by atoms with Crippen molar-refractivity contribution in [1.82, 2.24) is 4.98 Å². The summed E-state index contributed by atoms with van der Waals surface area (Å²) in [5, 5.41) is 16.7. The summed E-state index contributed by atoms with van der Waals surface area (Å²) in [7, 11) is 0. The van der Waals surface area contributed by atoms with Crippen LogP contribution in [0.2, 0.25) is 0 Å². The predicted octanol–water partition coefficient (Wildman–Crippen LogP) is 1.62. The molecule has 1 aliphatic rings. The number of aromatic carboxylic acids is 1. The van der Waals surface area contributed by atoms with Crippen molar-refractivity contribution in [3.63, 3.8) is 0 Å². The van der Waals surface area contributed by atoms with Gasteiger partial charge >= 0.3 is 0 Å². The van der Waals surface area contributed by atoms with Crippen LogP contribution in [-0.2, 0) is 6.54 Å². The highest BCUT2D eigenvalue weighted by atomic mass is 32.1. The van der Waals surface area contributed by atoms with Gasteiger partial charge in [-0.1, -0.05) is 18.2 Å². The number of fused-ring (bicyclic) bond motifs is 2. The molecule has 1 N–H and O–H groups in total. The second kappa shape index (κ2) is 6.43. The third kappa shape index (κ3) is 2.86. The van der Waals surface area contributed by atoms with Crippen LogP contribution in [0.3, 0.4) is 0 Å². The first kappa shape index (κ1) is 16.0. The molecule has 4 nitrogen and oxygen atoms in total. The summed E-state index contributed by atoms with van der Waals surface area (Å²) < 4.78 is 0. The van der Waals surface area contributed by atoms with Crippen LogP contribution in [-0.4, -0.2) is 24.0 Å². The Balaban J connectivity index is 2.01. The summed E-state index contributed by atoms with van der Waals surface area (Å²) in [6.45, 7) is 4.56. The van der Waals surface area contributed by atoms with E-state index < -0.39 is 5.97 Å². The topological polar surface area (TPSA) is 57.5 Å². The number of hydrogen-bond donors (Lipinski definition) is 1. The molecule has 0 amide bonds. The Kier molecular flexibility index (Phi) is 4.11. The maximum absolute atomic E-state index is 11.9. The van der Waals surface area contributed by atoms with Crippen LogP contribution in [0.5, 0.6) is 0 Å². The average Bonchev–Trinajstić information content (AvgIpc) is 3.12. The number of para-hydroxylation sites is 1. The van der Waals surface area contributed by atoms with Gasteiger partial charge in [0.1, 0.15) is 13.1 Å². The zero-order chi connectivity index (χ0) is 17.4. The lowest BCUT2D eigenvalue weighted by molar-refractivity contribution is -0.905. The van der Waals surface area contributed by atoms with Crippen molar-refractivity contribution in [3.8, 4) is 0 Å². The van der Waals surface area contributed by atoms with Gasteiger partial charge in [0.15, 0.2) is 0 Å². The van der Waals surface area contributed by atoms with Crippen molar-refractivity contribution in [1.29, 1.82) is 0 Å². The number of rotatable bonds is 3. The molecular formula is C20H18N2O2S. The van der Waals surface area contributed by atoms with Gasteiger partial charge in [0, 0.05) is 22.1 Å². The van der Waals surface area contributed by atoms with Crippen LogP contribution in [0.25, 0.3) is 22.6 Å². The van der Waals surface area contributed by atoms with Gasteiger partial charge < -0.3 is 14.8 Å². The zero-order valence-corrected chi connectivity index (χ0v) is 14.7. The zero-order valence-electron chi connectivity index (χ0n) is 13.9. The Bertz CT molecular complexity index is 977. The molecule has 0 spiro atoms. The number of carbonyl (C=O) groups excluding carboxylic acids is 1. The summed E-state index contributed by atoms with van der Waals surface area (Å²) in [6, 6.07) is 9.48. The van der Waals surface area contributed by atoms with E-state index in [1.165, 1.54) is 4.90 Å². The van der Waals surface area contributed by atoms with Crippen molar-refractivity contribution >= 4 is 39.9 Å². The minimum absolute atomic E-state index is 0.294. The molecule has 126 valence electrons. The monoisotopic (exact) mass is 350 g/mol. The molecule has 1 unspecified atom stereocenters. The molecule has 0 saturated heterocycles. The number of thiophene rings is 1. The van der Waals surface area contributed by atoms with Gasteiger partial charge in [0.2, 0.25) is 0 Å². The average molecular weight is 350 g/mol. The number of carbonyl (C=O) groups is 1. The molecule has 1 aliphatic heterocycles. The Labute approximate surface area is 150 Å². The largest absolute Gasteiger partial charge is 0.545 e. The van der Waals surface area contributed by atoms with Gasteiger partial charge in [0.05, 0.1) is 23.7 Å². The number of nitrogens with zero attached hydrogens (tertiary/aromatic N) is 1. The molecule has 2 aromatic heterocycles. The van der Waals surface area contributed by atoms with Gasteiger partial charge in [-0.05, 0) is 41.5 Å². The van der Waals surface area contributed by atoms with Crippen molar-refractivity contribution in [3.05, 3.63) is 63.5 Å². The van der Waals surface area contributed by atoms with Crippen LogP contribution >= 0.6 is 11.3 Å². The van der Waals surface area contributed by atoms with E-state index in [-0.39, 0.29) is 0 Å². The molecule has 0 fully saturated rings. The standard InChI is InChI=1S/C20H18N2O2S/c1-2-22-10-14(9-13-7-8-25-12-13)19-16(11-22)18(20(23)24)15-5-3-4-6-17(15)21-19/h3-9,12H,2,10-11H2,1H3,(H,23,24)/b14-9-. The molecule has 4 rings (SSSR count). The van der Waals surface area contributed by atoms with E-state index in [1.807, 2.05) is 29.6 Å². The SMILES string of the molecule is CC[NH+]1C/C(=C/c2ccsc2)c2nc3ccccc3c(C(=O)[O-])c2C1. The van der Waals surface area contributed by atoms with Crippen LogP contribution in [0.1, 0.15) is 34.1 Å². The summed E-state index contributed by atoms with van der Waals surface area (Å²) in [4.78, 5) is 18.1. The Hall–Kier alpha value is -2.50. The third-order valence-corrected chi connectivity index (χ3v) is 5.45. The van der Waals surface area contributed by atoms with Gasteiger partial charge in [-0.2, -0.15) is 11.3 Å². The highest BCUT2D eigenvalue weighted by Crippen LogP contribution is 2.29. The first-order chi connectivity index (χ1) is 12.2. The molecular weight excluding hydrogens is 332 g/mol. The molecule has 1 atom stereocenters. The molecule has 0 bridgehead atoms.